The smallest absolute Gasteiger partial charge is 0.280 e. The fraction of sp³-hybridized carbons (Fsp3) is 0.207. The van der Waals surface area contributed by atoms with Crippen LogP contribution in [0.3, 0.4) is 0 Å². The van der Waals surface area contributed by atoms with Crippen molar-refractivity contribution in [2.75, 3.05) is 23.1 Å². The molecule has 39 heavy (non-hydrogen) atoms. The zero-order valence-corrected chi connectivity index (χ0v) is 23.2. The van der Waals surface area contributed by atoms with Gasteiger partial charge in [0.1, 0.15) is 11.6 Å². The molecule has 10 heteroatoms. The van der Waals surface area contributed by atoms with Crippen molar-refractivity contribution in [3.63, 3.8) is 0 Å². The van der Waals surface area contributed by atoms with E-state index in [4.69, 9.17) is 38.7 Å². The molecule has 3 N–H and O–H groups in total. The molecule has 0 aliphatic carbocycles. The van der Waals surface area contributed by atoms with E-state index in [9.17, 15) is 9.59 Å². The molecular formula is C29H25Cl2N5O3. The standard InChI is InChI=1S/C29H25Cl2N5O3/c1-14(2)35-25-24(34-26(35)19-9-8-18(32)13-23(19)39-4)27(37)36(22-12-17(31)6-5-15(22)3)29(25)20-10-7-16(30)11-21(20)33-28(29)38/h5-14H,32H2,1-4H3,(H,33,38)/t29-/m1/s1. The van der Waals surface area contributed by atoms with Crippen LogP contribution in [0, 0.1) is 6.92 Å². The molecule has 0 saturated heterocycles. The molecule has 1 spiro atoms. The van der Waals surface area contributed by atoms with E-state index in [1.165, 1.54) is 4.90 Å². The first kappa shape index (κ1) is 25.3. The number of amides is 2. The minimum atomic E-state index is -1.56. The molecule has 3 aromatic carbocycles. The Hall–Kier alpha value is -4.01. The van der Waals surface area contributed by atoms with Crippen LogP contribution in [0.1, 0.15) is 47.2 Å². The van der Waals surface area contributed by atoms with Crippen LogP contribution in [-0.2, 0) is 10.3 Å². The summed E-state index contributed by atoms with van der Waals surface area (Å²) in [6.07, 6.45) is 0. The third kappa shape index (κ3) is 3.41. The van der Waals surface area contributed by atoms with Crippen LogP contribution in [0.5, 0.6) is 5.75 Å². The number of nitrogens with two attached hydrogens (primary N) is 1. The van der Waals surface area contributed by atoms with Gasteiger partial charge in [-0.1, -0.05) is 35.3 Å². The van der Waals surface area contributed by atoms with Crippen molar-refractivity contribution in [2.45, 2.75) is 32.4 Å². The van der Waals surface area contributed by atoms with E-state index in [1.807, 2.05) is 37.5 Å². The van der Waals surface area contributed by atoms with Crippen molar-refractivity contribution in [3.05, 3.63) is 87.2 Å². The lowest BCUT2D eigenvalue weighted by Gasteiger charge is -2.36. The Balaban J connectivity index is 1.74. The van der Waals surface area contributed by atoms with Crippen molar-refractivity contribution >= 4 is 52.1 Å². The monoisotopic (exact) mass is 561 g/mol. The summed E-state index contributed by atoms with van der Waals surface area (Å²) in [6, 6.07) is 15.5. The highest BCUT2D eigenvalue weighted by Gasteiger charge is 2.64. The van der Waals surface area contributed by atoms with E-state index in [1.54, 1.807) is 49.6 Å². The summed E-state index contributed by atoms with van der Waals surface area (Å²) in [5.41, 5.74) is 8.71. The van der Waals surface area contributed by atoms with Gasteiger partial charge in [0.25, 0.3) is 11.8 Å². The lowest BCUT2D eigenvalue weighted by atomic mass is 9.86. The normalized spacial score (nSPS) is 17.7. The van der Waals surface area contributed by atoms with E-state index in [-0.39, 0.29) is 17.6 Å². The number of hydrogen-bond donors (Lipinski definition) is 2. The van der Waals surface area contributed by atoms with Crippen LogP contribution in [0.4, 0.5) is 17.1 Å². The summed E-state index contributed by atoms with van der Waals surface area (Å²) in [5, 5.41) is 3.88. The Labute approximate surface area is 235 Å². The Morgan fingerprint density at radius 1 is 1.03 bits per heavy atom. The molecule has 6 rings (SSSR count). The molecule has 1 aromatic heterocycles. The number of hydrogen-bond acceptors (Lipinski definition) is 5. The minimum absolute atomic E-state index is 0.176. The highest BCUT2D eigenvalue weighted by atomic mass is 35.5. The highest BCUT2D eigenvalue weighted by molar-refractivity contribution is 6.32. The summed E-state index contributed by atoms with van der Waals surface area (Å²) in [5.74, 6) is 0.206. The Bertz CT molecular complexity index is 1710. The summed E-state index contributed by atoms with van der Waals surface area (Å²) in [4.78, 5) is 35.1. The topological polar surface area (TPSA) is 102 Å². The SMILES string of the molecule is COc1cc(N)ccc1-c1nc2c(n1C(C)C)[C@]1(C(=O)Nc3cc(Cl)ccc31)N(c1cc(Cl)ccc1C)C2=O. The third-order valence-electron chi connectivity index (χ3n) is 7.34. The largest absolute Gasteiger partial charge is 0.496 e. The molecule has 0 saturated carbocycles. The average Bonchev–Trinajstić information content (AvgIpc) is 3.49. The van der Waals surface area contributed by atoms with Gasteiger partial charge in [0.15, 0.2) is 11.2 Å². The molecule has 0 fully saturated rings. The molecule has 0 unspecified atom stereocenters. The van der Waals surface area contributed by atoms with E-state index >= 15 is 0 Å². The van der Waals surface area contributed by atoms with Crippen LogP contribution >= 0.6 is 23.2 Å². The highest BCUT2D eigenvalue weighted by Crippen LogP contribution is 2.55. The van der Waals surface area contributed by atoms with Crippen LogP contribution in [-0.4, -0.2) is 28.5 Å². The predicted octanol–water partition coefficient (Wildman–Crippen LogP) is 6.19. The van der Waals surface area contributed by atoms with Crippen molar-refractivity contribution in [1.29, 1.82) is 0 Å². The molecule has 1 atom stereocenters. The number of nitrogens with one attached hydrogen (secondary N) is 1. The van der Waals surface area contributed by atoms with E-state index in [0.717, 1.165) is 5.56 Å². The number of ether oxygens (including phenoxy) is 1. The number of carbonyl (C=O) groups is 2. The lowest BCUT2D eigenvalue weighted by Crippen LogP contribution is -2.51. The van der Waals surface area contributed by atoms with Gasteiger partial charge in [-0.25, -0.2) is 4.98 Å². The molecular weight excluding hydrogens is 537 g/mol. The van der Waals surface area contributed by atoms with Crippen LogP contribution < -0.4 is 20.7 Å². The first-order valence-corrected chi connectivity index (χ1v) is 13.1. The van der Waals surface area contributed by atoms with Gasteiger partial charge in [-0.15, -0.1) is 0 Å². The second kappa shape index (κ2) is 8.76. The summed E-state index contributed by atoms with van der Waals surface area (Å²) in [6.45, 7) is 5.84. The quantitative estimate of drug-likeness (QED) is 0.289. The third-order valence-corrected chi connectivity index (χ3v) is 7.81. The minimum Gasteiger partial charge on any atom is -0.496 e. The number of nitrogens with zero attached hydrogens (tertiary/aromatic N) is 3. The van der Waals surface area contributed by atoms with Gasteiger partial charge in [0.05, 0.1) is 24.1 Å². The zero-order valence-electron chi connectivity index (χ0n) is 21.7. The van der Waals surface area contributed by atoms with Gasteiger partial charge in [-0.05, 0) is 62.7 Å². The van der Waals surface area contributed by atoms with E-state index in [0.29, 0.717) is 55.5 Å². The van der Waals surface area contributed by atoms with Crippen molar-refractivity contribution in [3.8, 4) is 17.1 Å². The van der Waals surface area contributed by atoms with E-state index in [2.05, 4.69) is 5.32 Å². The number of fused-ring (bicyclic) bond motifs is 4. The van der Waals surface area contributed by atoms with Gasteiger partial charge in [-0.3, -0.25) is 14.5 Å². The van der Waals surface area contributed by atoms with Crippen molar-refractivity contribution < 1.29 is 14.3 Å². The number of anilines is 3. The Morgan fingerprint density at radius 2 is 1.74 bits per heavy atom. The Kier molecular flexibility index (Phi) is 5.68. The number of aryl methyl sites for hydroxylation is 1. The van der Waals surface area contributed by atoms with Gasteiger partial charge < -0.3 is 20.4 Å². The maximum atomic E-state index is 14.4. The molecule has 2 amide bonds. The number of aromatic nitrogens is 2. The average molecular weight is 562 g/mol. The molecule has 198 valence electrons. The first-order valence-electron chi connectivity index (χ1n) is 12.4. The molecule has 3 heterocycles. The maximum Gasteiger partial charge on any atom is 0.280 e. The number of carbonyl (C=O) groups excluding carboxylic acids is 2. The molecule has 0 radical (unpaired) electrons. The van der Waals surface area contributed by atoms with Crippen molar-refractivity contribution in [2.24, 2.45) is 0 Å². The van der Waals surface area contributed by atoms with Crippen LogP contribution in [0.2, 0.25) is 10.0 Å². The second-order valence-electron chi connectivity index (χ2n) is 9.98. The number of nitrogen functional groups attached to an aromatic ring is 1. The summed E-state index contributed by atoms with van der Waals surface area (Å²) >= 11 is 12.7. The molecule has 8 nitrogen and oxygen atoms in total. The summed E-state index contributed by atoms with van der Waals surface area (Å²) in [7, 11) is 1.55. The molecule has 2 aliphatic rings. The maximum absolute atomic E-state index is 14.4. The number of benzene rings is 3. The van der Waals surface area contributed by atoms with E-state index < -0.39 is 11.4 Å². The van der Waals surface area contributed by atoms with Crippen LogP contribution in [0.25, 0.3) is 11.4 Å². The lowest BCUT2D eigenvalue weighted by molar-refractivity contribution is -0.119. The fourth-order valence-electron chi connectivity index (χ4n) is 5.72. The number of halogens is 2. The Morgan fingerprint density at radius 3 is 2.46 bits per heavy atom. The van der Waals surface area contributed by atoms with Gasteiger partial charge >= 0.3 is 0 Å². The molecule has 0 bridgehead atoms. The van der Waals surface area contributed by atoms with Crippen molar-refractivity contribution in [1.82, 2.24) is 9.55 Å². The predicted molar refractivity (Wildman–Crippen MR) is 153 cm³/mol. The second-order valence-corrected chi connectivity index (χ2v) is 10.9. The number of rotatable bonds is 4. The molecule has 4 aromatic rings. The van der Waals surface area contributed by atoms with Gasteiger partial charge in [0.2, 0.25) is 0 Å². The van der Waals surface area contributed by atoms with Gasteiger partial charge in [-0.2, -0.15) is 0 Å². The molecule has 2 aliphatic heterocycles. The number of methoxy groups -OCH3 is 1. The number of imidazole rings is 1. The van der Waals surface area contributed by atoms with Gasteiger partial charge in [0, 0.05) is 39.1 Å². The fourth-order valence-corrected chi connectivity index (χ4v) is 6.06. The first-order chi connectivity index (χ1) is 18.6. The zero-order chi connectivity index (χ0) is 27.8. The summed E-state index contributed by atoms with van der Waals surface area (Å²) < 4.78 is 7.57. The van der Waals surface area contributed by atoms with Crippen LogP contribution in [0.15, 0.2) is 54.6 Å².